The molecule has 12 heteroatoms. The van der Waals surface area contributed by atoms with Crippen LogP contribution in [0.25, 0.3) is 5.69 Å². The number of carbonyl (C=O) groups is 1. The molecule has 4 rings (SSSR count). The van der Waals surface area contributed by atoms with Crippen molar-refractivity contribution in [3.8, 4) is 5.69 Å². The predicted octanol–water partition coefficient (Wildman–Crippen LogP) is 1.99. The fraction of sp³-hybridized carbons (Fsp3) is 0.571. The lowest BCUT2D eigenvalue weighted by Gasteiger charge is -2.38. The first-order chi connectivity index (χ1) is 15.8. The zero-order chi connectivity index (χ0) is 23.4. The van der Waals surface area contributed by atoms with Crippen LogP contribution in [0.4, 0.5) is 5.69 Å². The van der Waals surface area contributed by atoms with Crippen LogP contribution in [0.3, 0.4) is 0 Å². The van der Waals surface area contributed by atoms with E-state index in [0.717, 1.165) is 25.7 Å². The number of anilines is 1. The van der Waals surface area contributed by atoms with E-state index in [1.807, 2.05) is 4.90 Å². The van der Waals surface area contributed by atoms with Gasteiger partial charge in [0.15, 0.2) is 0 Å². The number of carbonyl (C=O) groups excluding carboxylic acids is 1. The highest BCUT2D eigenvalue weighted by atomic mass is 35.5. The summed E-state index contributed by atoms with van der Waals surface area (Å²) < 4.78 is 30.8. The zero-order valence-corrected chi connectivity index (χ0v) is 20.3. The van der Waals surface area contributed by atoms with Gasteiger partial charge in [-0.2, -0.15) is 22.1 Å². The van der Waals surface area contributed by atoms with Gasteiger partial charge in [0.1, 0.15) is 12.7 Å². The Morgan fingerprint density at radius 1 is 1.18 bits per heavy atom. The molecule has 1 aromatic carbocycles. The van der Waals surface area contributed by atoms with Crippen molar-refractivity contribution in [3.05, 3.63) is 35.9 Å². The molecule has 1 aliphatic carbocycles. The monoisotopic (exact) mass is 495 g/mol. The molecule has 0 radical (unpaired) electrons. The molecule has 2 fully saturated rings. The van der Waals surface area contributed by atoms with Crippen LogP contribution in [0.5, 0.6) is 0 Å². The Morgan fingerprint density at radius 2 is 1.91 bits per heavy atom. The molecule has 2 aromatic rings. The summed E-state index contributed by atoms with van der Waals surface area (Å²) in [6, 6.07) is 5.24. The first kappa shape index (κ1) is 24.1. The second-order valence-corrected chi connectivity index (χ2v) is 11.0. The van der Waals surface area contributed by atoms with Crippen LogP contribution in [0.15, 0.2) is 30.9 Å². The fourth-order valence-corrected chi connectivity index (χ4v) is 6.22. The van der Waals surface area contributed by atoms with Crippen molar-refractivity contribution in [2.24, 2.45) is 0 Å². The van der Waals surface area contributed by atoms with Crippen LogP contribution in [0.1, 0.15) is 32.1 Å². The summed E-state index contributed by atoms with van der Waals surface area (Å²) in [6.45, 7) is 1.89. The summed E-state index contributed by atoms with van der Waals surface area (Å²) in [5, 5.41) is 7.50. The molecule has 1 saturated carbocycles. The summed E-state index contributed by atoms with van der Waals surface area (Å²) in [5.41, 5.74) is 1.19. The number of rotatable bonds is 7. The van der Waals surface area contributed by atoms with Gasteiger partial charge in [0.05, 0.1) is 17.9 Å². The maximum atomic E-state index is 13.1. The Bertz CT molecular complexity index is 1050. The minimum Gasteiger partial charge on any atom is -0.323 e. The van der Waals surface area contributed by atoms with Gasteiger partial charge in [-0.15, -0.1) is 0 Å². The smallest absolute Gasteiger partial charge is 0.282 e. The normalized spacial score (nSPS) is 19.1. The van der Waals surface area contributed by atoms with E-state index in [1.165, 1.54) is 17.1 Å². The van der Waals surface area contributed by atoms with Crippen LogP contribution >= 0.6 is 11.6 Å². The fourth-order valence-electron chi connectivity index (χ4n) is 4.47. The Balaban J connectivity index is 1.32. The molecule has 0 spiro atoms. The largest absolute Gasteiger partial charge is 0.323 e. The standard InChI is InChI=1S/C21H30ClN7O3S/c1-26(18-5-3-2-4-6-18)33(31,32)28-11-9-27(10-12-28)14-21(30)25-19-13-17(22)7-8-20(19)29-16-23-15-24-29/h7-8,13,15-16,18H,2-6,9-12,14H2,1H3,(H,25,30). The van der Waals surface area contributed by atoms with Crippen LogP contribution in [-0.2, 0) is 15.0 Å². The first-order valence-corrected chi connectivity index (χ1v) is 13.0. The first-order valence-electron chi connectivity index (χ1n) is 11.2. The van der Waals surface area contributed by atoms with Gasteiger partial charge in [0.25, 0.3) is 10.2 Å². The lowest BCUT2D eigenvalue weighted by Crippen LogP contribution is -2.55. The molecule has 180 valence electrons. The van der Waals surface area contributed by atoms with Crippen molar-refractivity contribution in [2.45, 2.75) is 38.1 Å². The van der Waals surface area contributed by atoms with Crippen molar-refractivity contribution < 1.29 is 13.2 Å². The summed E-state index contributed by atoms with van der Waals surface area (Å²) in [7, 11) is -1.79. The Hall–Kier alpha value is -2.05. The predicted molar refractivity (Wildman–Crippen MR) is 127 cm³/mol. The molecule has 0 bridgehead atoms. The molecule has 1 aromatic heterocycles. The maximum absolute atomic E-state index is 13.1. The van der Waals surface area contributed by atoms with Crippen molar-refractivity contribution in [3.63, 3.8) is 0 Å². The number of halogens is 1. The zero-order valence-electron chi connectivity index (χ0n) is 18.7. The second-order valence-electron chi connectivity index (χ2n) is 8.54. The molecular weight excluding hydrogens is 466 g/mol. The number of hydrogen-bond acceptors (Lipinski definition) is 6. The number of piperazine rings is 1. The maximum Gasteiger partial charge on any atom is 0.282 e. The number of aromatic nitrogens is 3. The Kier molecular flexibility index (Phi) is 7.65. The van der Waals surface area contributed by atoms with Gasteiger partial charge < -0.3 is 5.32 Å². The van der Waals surface area contributed by atoms with Gasteiger partial charge in [-0.05, 0) is 31.0 Å². The average molecular weight is 496 g/mol. The quantitative estimate of drug-likeness (QED) is 0.630. The lowest BCUT2D eigenvalue weighted by atomic mass is 9.96. The minimum atomic E-state index is -3.49. The topological polar surface area (TPSA) is 104 Å². The number of nitrogens with zero attached hydrogens (tertiary/aromatic N) is 6. The summed E-state index contributed by atoms with van der Waals surface area (Å²) in [5.74, 6) is -0.200. The van der Waals surface area contributed by atoms with Crippen LogP contribution in [0.2, 0.25) is 5.02 Å². The van der Waals surface area contributed by atoms with Gasteiger partial charge in [-0.3, -0.25) is 9.69 Å². The number of nitrogens with one attached hydrogen (secondary N) is 1. The number of amides is 1. The number of benzene rings is 1. The van der Waals surface area contributed by atoms with E-state index < -0.39 is 10.2 Å². The second kappa shape index (κ2) is 10.5. The van der Waals surface area contributed by atoms with E-state index in [9.17, 15) is 13.2 Å². The molecule has 1 amide bonds. The molecule has 1 N–H and O–H groups in total. The molecule has 10 nitrogen and oxygen atoms in total. The Morgan fingerprint density at radius 3 is 2.58 bits per heavy atom. The lowest BCUT2D eigenvalue weighted by molar-refractivity contribution is -0.117. The molecule has 0 atom stereocenters. The summed E-state index contributed by atoms with van der Waals surface area (Å²) >= 11 is 6.12. The molecule has 2 aliphatic rings. The molecule has 0 unspecified atom stereocenters. The van der Waals surface area contributed by atoms with Crippen molar-refractivity contribution >= 4 is 33.4 Å². The molecular formula is C21H30ClN7O3S. The minimum absolute atomic E-state index is 0.0874. The van der Waals surface area contributed by atoms with E-state index in [4.69, 9.17) is 11.6 Å². The van der Waals surface area contributed by atoms with E-state index in [0.29, 0.717) is 42.6 Å². The van der Waals surface area contributed by atoms with E-state index in [1.54, 1.807) is 40.6 Å². The van der Waals surface area contributed by atoms with Crippen molar-refractivity contribution in [2.75, 3.05) is 45.1 Å². The SMILES string of the molecule is CN(C1CCCCC1)S(=O)(=O)N1CCN(CC(=O)Nc2cc(Cl)ccc2-n2cncn2)CC1. The highest BCUT2D eigenvalue weighted by Crippen LogP contribution is 2.26. The highest BCUT2D eigenvalue weighted by Gasteiger charge is 2.34. The third-order valence-electron chi connectivity index (χ3n) is 6.38. The third kappa shape index (κ3) is 5.72. The van der Waals surface area contributed by atoms with E-state index in [2.05, 4.69) is 15.4 Å². The average Bonchev–Trinajstić information content (AvgIpc) is 3.34. The van der Waals surface area contributed by atoms with Gasteiger partial charge in [-0.25, -0.2) is 9.67 Å². The van der Waals surface area contributed by atoms with Gasteiger partial charge in [0, 0.05) is 44.3 Å². The van der Waals surface area contributed by atoms with Crippen LogP contribution in [0, 0.1) is 0 Å². The molecule has 2 heterocycles. The Labute approximate surface area is 199 Å². The molecule has 1 saturated heterocycles. The molecule has 33 heavy (non-hydrogen) atoms. The van der Waals surface area contributed by atoms with Crippen molar-refractivity contribution in [1.29, 1.82) is 0 Å². The van der Waals surface area contributed by atoms with Gasteiger partial charge >= 0.3 is 0 Å². The van der Waals surface area contributed by atoms with E-state index >= 15 is 0 Å². The summed E-state index contributed by atoms with van der Waals surface area (Å²) in [6.07, 6.45) is 8.16. The van der Waals surface area contributed by atoms with Crippen LogP contribution in [-0.4, -0.2) is 88.4 Å². The molecule has 1 aliphatic heterocycles. The van der Waals surface area contributed by atoms with Crippen molar-refractivity contribution in [1.82, 2.24) is 28.3 Å². The van der Waals surface area contributed by atoms with Crippen LogP contribution < -0.4 is 5.32 Å². The third-order valence-corrected chi connectivity index (χ3v) is 8.65. The number of hydrogen-bond donors (Lipinski definition) is 1. The summed E-state index contributed by atoms with van der Waals surface area (Å²) in [4.78, 5) is 18.6. The van der Waals surface area contributed by atoms with E-state index in [-0.39, 0.29) is 18.5 Å². The van der Waals surface area contributed by atoms with Gasteiger partial charge in [-0.1, -0.05) is 30.9 Å². The highest BCUT2D eigenvalue weighted by molar-refractivity contribution is 7.86. The van der Waals surface area contributed by atoms with Gasteiger partial charge in [0.2, 0.25) is 5.91 Å².